The number of aromatic nitrogens is 2. The van der Waals surface area contributed by atoms with Crippen LogP contribution < -0.4 is 0 Å². The lowest BCUT2D eigenvalue weighted by Gasteiger charge is -2.34. The molecule has 3 aromatic rings. The van der Waals surface area contributed by atoms with Gasteiger partial charge in [0.25, 0.3) is 0 Å². The molecule has 0 saturated carbocycles. The van der Waals surface area contributed by atoms with Gasteiger partial charge in [-0.1, -0.05) is 37.3 Å². The highest BCUT2D eigenvalue weighted by molar-refractivity contribution is 7.15. The summed E-state index contributed by atoms with van der Waals surface area (Å²) >= 11 is 1.59. The molecule has 3 heterocycles. The van der Waals surface area contributed by atoms with Crippen molar-refractivity contribution in [1.82, 2.24) is 19.2 Å². The molecule has 0 spiro atoms. The molecule has 2 aromatic heterocycles. The summed E-state index contributed by atoms with van der Waals surface area (Å²) in [7, 11) is 0. The Kier molecular flexibility index (Phi) is 4.55. The van der Waals surface area contributed by atoms with Crippen LogP contribution in [0.5, 0.6) is 0 Å². The van der Waals surface area contributed by atoms with E-state index in [4.69, 9.17) is 4.98 Å². The van der Waals surface area contributed by atoms with E-state index in [0.717, 1.165) is 54.6 Å². The number of thiazole rings is 1. The van der Waals surface area contributed by atoms with Crippen molar-refractivity contribution in [3.05, 3.63) is 47.6 Å². The molecule has 5 nitrogen and oxygen atoms in total. The molecule has 0 atom stereocenters. The Bertz CT molecular complexity index is 862. The molecule has 1 aromatic carbocycles. The van der Waals surface area contributed by atoms with Gasteiger partial charge in [-0.05, 0) is 6.54 Å². The summed E-state index contributed by atoms with van der Waals surface area (Å²) in [5.74, 6) is 0.213. The molecule has 0 aliphatic carbocycles. The summed E-state index contributed by atoms with van der Waals surface area (Å²) < 4.78 is 2.06. The van der Waals surface area contributed by atoms with Crippen molar-refractivity contribution in [2.75, 3.05) is 32.7 Å². The Hall–Kier alpha value is -2.18. The third-order valence-electron chi connectivity index (χ3n) is 4.86. The van der Waals surface area contributed by atoms with Crippen LogP contribution in [0.15, 0.2) is 41.9 Å². The van der Waals surface area contributed by atoms with E-state index in [0.29, 0.717) is 6.42 Å². The summed E-state index contributed by atoms with van der Waals surface area (Å²) in [4.78, 5) is 22.7. The average molecular weight is 354 g/mol. The van der Waals surface area contributed by atoms with E-state index in [1.54, 1.807) is 11.3 Å². The lowest BCUT2D eigenvalue weighted by atomic mass is 10.2. The maximum atomic E-state index is 12.7. The van der Waals surface area contributed by atoms with Gasteiger partial charge in [0.2, 0.25) is 5.91 Å². The lowest BCUT2D eigenvalue weighted by molar-refractivity contribution is -0.132. The van der Waals surface area contributed by atoms with Gasteiger partial charge < -0.3 is 9.80 Å². The summed E-state index contributed by atoms with van der Waals surface area (Å²) in [5.41, 5.74) is 3.08. The Labute approximate surface area is 151 Å². The normalized spacial score (nSPS) is 15.8. The molecule has 130 valence electrons. The second kappa shape index (κ2) is 6.98. The van der Waals surface area contributed by atoms with E-state index in [1.165, 1.54) is 0 Å². The third kappa shape index (κ3) is 3.32. The van der Waals surface area contributed by atoms with Gasteiger partial charge in [0.05, 0.1) is 12.1 Å². The fourth-order valence-corrected chi connectivity index (χ4v) is 4.16. The number of nitrogens with zero attached hydrogens (tertiary/aromatic N) is 4. The van der Waals surface area contributed by atoms with E-state index in [1.807, 2.05) is 29.3 Å². The third-order valence-corrected chi connectivity index (χ3v) is 5.75. The Morgan fingerprint density at radius 1 is 1.16 bits per heavy atom. The number of amides is 1. The molecule has 0 unspecified atom stereocenters. The maximum absolute atomic E-state index is 12.7. The van der Waals surface area contributed by atoms with Crippen molar-refractivity contribution in [3.63, 3.8) is 0 Å². The first-order valence-electron chi connectivity index (χ1n) is 8.75. The number of imidazole rings is 1. The van der Waals surface area contributed by atoms with Crippen LogP contribution >= 0.6 is 11.3 Å². The summed E-state index contributed by atoms with van der Waals surface area (Å²) in [5, 5.41) is 2.05. The van der Waals surface area contributed by atoms with Crippen LogP contribution in [0.1, 0.15) is 12.6 Å². The van der Waals surface area contributed by atoms with E-state index in [-0.39, 0.29) is 5.91 Å². The van der Waals surface area contributed by atoms with E-state index in [9.17, 15) is 4.79 Å². The number of likely N-dealkylation sites (N-methyl/N-ethyl adjacent to an activating group) is 1. The molecule has 4 rings (SSSR count). The van der Waals surface area contributed by atoms with E-state index < -0.39 is 0 Å². The number of carbonyl (C=O) groups excluding carboxylic acids is 1. The molecule has 1 aliphatic heterocycles. The quantitative estimate of drug-likeness (QED) is 0.723. The molecule has 25 heavy (non-hydrogen) atoms. The zero-order chi connectivity index (χ0) is 17.2. The number of hydrogen-bond donors (Lipinski definition) is 0. The summed E-state index contributed by atoms with van der Waals surface area (Å²) in [6.45, 7) is 6.85. The molecule has 6 heteroatoms. The molecule has 1 fully saturated rings. The predicted molar refractivity (Wildman–Crippen MR) is 101 cm³/mol. The van der Waals surface area contributed by atoms with Crippen molar-refractivity contribution in [2.45, 2.75) is 13.3 Å². The van der Waals surface area contributed by atoms with Crippen LogP contribution in [0, 0.1) is 0 Å². The standard InChI is InChI=1S/C19H22N4OS/c1-2-21-8-10-22(11-9-21)18(24)12-16-14-25-19-20-17(13-23(16)19)15-6-4-3-5-7-15/h3-7,13-14H,2,8-12H2,1H3. The molecule has 0 radical (unpaired) electrons. The van der Waals surface area contributed by atoms with Crippen LogP contribution in [-0.2, 0) is 11.2 Å². The van der Waals surface area contributed by atoms with Gasteiger partial charge in [-0.2, -0.15) is 0 Å². The zero-order valence-corrected chi connectivity index (χ0v) is 15.2. The van der Waals surface area contributed by atoms with Crippen LogP contribution in [0.2, 0.25) is 0 Å². The number of fused-ring (bicyclic) bond motifs is 1. The smallest absolute Gasteiger partial charge is 0.228 e. The van der Waals surface area contributed by atoms with Gasteiger partial charge in [0.1, 0.15) is 0 Å². The SMILES string of the molecule is CCN1CCN(C(=O)Cc2csc3nc(-c4ccccc4)cn23)CC1. The number of hydrogen-bond acceptors (Lipinski definition) is 4. The summed E-state index contributed by atoms with van der Waals surface area (Å²) in [6, 6.07) is 10.2. The predicted octanol–water partition coefficient (Wildman–Crippen LogP) is 2.77. The van der Waals surface area contributed by atoms with Crippen LogP contribution in [0.4, 0.5) is 0 Å². The monoisotopic (exact) mass is 354 g/mol. The topological polar surface area (TPSA) is 40.8 Å². The highest BCUT2D eigenvalue weighted by atomic mass is 32.1. The summed E-state index contributed by atoms with van der Waals surface area (Å²) in [6.07, 6.45) is 2.48. The minimum Gasteiger partial charge on any atom is -0.340 e. The van der Waals surface area contributed by atoms with E-state index >= 15 is 0 Å². The molecule has 1 aliphatic rings. The molecule has 1 amide bonds. The Morgan fingerprint density at radius 3 is 2.64 bits per heavy atom. The van der Waals surface area contributed by atoms with Crippen LogP contribution in [0.3, 0.4) is 0 Å². The molecule has 1 saturated heterocycles. The number of carbonyl (C=O) groups is 1. The molecule has 0 bridgehead atoms. The van der Waals surface area contributed by atoms with Crippen LogP contribution in [0.25, 0.3) is 16.2 Å². The van der Waals surface area contributed by atoms with Gasteiger partial charge in [-0.3, -0.25) is 9.20 Å². The van der Waals surface area contributed by atoms with Crippen molar-refractivity contribution >= 4 is 22.2 Å². The average Bonchev–Trinajstić information content (AvgIpc) is 3.24. The van der Waals surface area contributed by atoms with E-state index in [2.05, 4.69) is 33.7 Å². The van der Waals surface area contributed by atoms with Crippen molar-refractivity contribution in [3.8, 4) is 11.3 Å². The first-order valence-corrected chi connectivity index (χ1v) is 9.63. The first kappa shape index (κ1) is 16.3. The number of benzene rings is 1. The van der Waals surface area contributed by atoms with Gasteiger partial charge in [-0.25, -0.2) is 4.98 Å². The Balaban J connectivity index is 1.50. The zero-order valence-electron chi connectivity index (χ0n) is 14.4. The number of piperazine rings is 1. The first-order chi connectivity index (χ1) is 12.2. The van der Waals surface area contributed by atoms with Crippen molar-refractivity contribution in [2.24, 2.45) is 0 Å². The molecular weight excluding hydrogens is 332 g/mol. The molecule has 0 N–H and O–H groups in total. The second-order valence-corrected chi connectivity index (χ2v) is 7.20. The lowest BCUT2D eigenvalue weighted by Crippen LogP contribution is -2.48. The largest absolute Gasteiger partial charge is 0.340 e. The fourth-order valence-electron chi connectivity index (χ4n) is 3.28. The van der Waals surface area contributed by atoms with Gasteiger partial charge in [0.15, 0.2) is 4.96 Å². The second-order valence-electron chi connectivity index (χ2n) is 6.36. The maximum Gasteiger partial charge on any atom is 0.228 e. The highest BCUT2D eigenvalue weighted by Gasteiger charge is 2.21. The van der Waals surface area contributed by atoms with Crippen molar-refractivity contribution < 1.29 is 4.79 Å². The molecular formula is C19H22N4OS. The van der Waals surface area contributed by atoms with Crippen LogP contribution in [-0.4, -0.2) is 57.8 Å². The Morgan fingerprint density at radius 2 is 1.92 bits per heavy atom. The highest BCUT2D eigenvalue weighted by Crippen LogP contribution is 2.24. The number of rotatable bonds is 4. The minimum atomic E-state index is 0.213. The van der Waals surface area contributed by atoms with Gasteiger partial charge >= 0.3 is 0 Å². The minimum absolute atomic E-state index is 0.213. The van der Waals surface area contributed by atoms with Gasteiger partial charge in [0, 0.05) is 49.0 Å². The fraction of sp³-hybridized carbons (Fsp3) is 0.368. The van der Waals surface area contributed by atoms with Gasteiger partial charge in [-0.15, -0.1) is 11.3 Å². The van der Waals surface area contributed by atoms with Crippen molar-refractivity contribution in [1.29, 1.82) is 0 Å².